The van der Waals surface area contributed by atoms with Crippen molar-refractivity contribution in [1.29, 1.82) is 0 Å². The van der Waals surface area contributed by atoms with Crippen LogP contribution in [-0.4, -0.2) is 31.4 Å². The van der Waals surface area contributed by atoms with E-state index in [9.17, 15) is 4.39 Å². The average molecular weight is 327 g/mol. The second kappa shape index (κ2) is 8.26. The number of benzene rings is 2. The Bertz CT molecular complexity index is 772. The van der Waals surface area contributed by atoms with E-state index in [1.54, 1.807) is 18.3 Å². The highest BCUT2D eigenvalue weighted by atomic mass is 19.1. The lowest BCUT2D eigenvalue weighted by atomic mass is 10.2. The maximum Gasteiger partial charge on any atom is 0.145 e. The molecule has 0 saturated heterocycles. The molecule has 0 radical (unpaired) electrons. The average Bonchev–Trinajstić information content (AvgIpc) is 2.62. The quantitative estimate of drug-likeness (QED) is 0.589. The van der Waals surface area contributed by atoms with Crippen molar-refractivity contribution in [3.8, 4) is 11.5 Å². The zero-order valence-corrected chi connectivity index (χ0v) is 13.2. The van der Waals surface area contributed by atoms with Crippen LogP contribution in [-0.2, 0) is 4.74 Å². The molecular formula is C19H18FNO3. The second-order valence-electron chi connectivity index (χ2n) is 5.09. The van der Waals surface area contributed by atoms with Gasteiger partial charge in [0.15, 0.2) is 0 Å². The van der Waals surface area contributed by atoms with Gasteiger partial charge in [0, 0.05) is 11.6 Å². The minimum absolute atomic E-state index is 0.279. The number of pyridine rings is 1. The summed E-state index contributed by atoms with van der Waals surface area (Å²) in [6, 6.07) is 15.6. The van der Waals surface area contributed by atoms with E-state index in [1.165, 1.54) is 12.1 Å². The van der Waals surface area contributed by atoms with Crippen molar-refractivity contribution in [1.82, 2.24) is 4.98 Å². The summed E-state index contributed by atoms with van der Waals surface area (Å²) in [4.78, 5) is 4.34. The first kappa shape index (κ1) is 16.2. The maximum absolute atomic E-state index is 12.8. The zero-order valence-electron chi connectivity index (χ0n) is 13.2. The van der Waals surface area contributed by atoms with Crippen LogP contribution in [0.4, 0.5) is 4.39 Å². The summed E-state index contributed by atoms with van der Waals surface area (Å²) >= 11 is 0. The van der Waals surface area contributed by atoms with E-state index in [-0.39, 0.29) is 5.82 Å². The predicted octanol–water partition coefficient (Wildman–Crippen LogP) is 3.85. The summed E-state index contributed by atoms with van der Waals surface area (Å²) in [5.41, 5.74) is 0.847. The van der Waals surface area contributed by atoms with Gasteiger partial charge in [-0.15, -0.1) is 0 Å². The molecule has 0 atom stereocenters. The number of rotatable bonds is 8. The highest BCUT2D eigenvalue weighted by Crippen LogP contribution is 2.22. The fraction of sp³-hybridized carbons (Fsp3) is 0.211. The summed E-state index contributed by atoms with van der Waals surface area (Å²) in [7, 11) is 0. The maximum atomic E-state index is 12.8. The summed E-state index contributed by atoms with van der Waals surface area (Å²) in [5.74, 6) is 1.09. The first-order valence-corrected chi connectivity index (χ1v) is 7.75. The lowest BCUT2D eigenvalue weighted by Gasteiger charge is -2.10. The Morgan fingerprint density at radius 3 is 2.38 bits per heavy atom. The third kappa shape index (κ3) is 4.43. The smallest absolute Gasteiger partial charge is 0.145 e. The molecular weight excluding hydrogens is 309 g/mol. The molecule has 4 nitrogen and oxygen atoms in total. The van der Waals surface area contributed by atoms with Gasteiger partial charge in [-0.3, -0.25) is 4.98 Å². The van der Waals surface area contributed by atoms with E-state index in [0.29, 0.717) is 32.2 Å². The molecule has 0 bridgehead atoms. The number of halogens is 1. The molecule has 24 heavy (non-hydrogen) atoms. The number of ether oxygens (including phenoxy) is 3. The molecule has 0 fully saturated rings. The molecule has 3 rings (SSSR count). The van der Waals surface area contributed by atoms with E-state index in [0.717, 1.165) is 16.7 Å². The zero-order chi connectivity index (χ0) is 16.6. The number of fused-ring (bicyclic) bond motifs is 1. The van der Waals surface area contributed by atoms with Crippen molar-refractivity contribution in [3.05, 3.63) is 66.6 Å². The third-order valence-electron chi connectivity index (χ3n) is 3.39. The van der Waals surface area contributed by atoms with Crippen LogP contribution in [0.2, 0.25) is 0 Å². The summed E-state index contributed by atoms with van der Waals surface area (Å²) in [5, 5.41) is 1.05. The predicted molar refractivity (Wildman–Crippen MR) is 90.0 cm³/mol. The van der Waals surface area contributed by atoms with Crippen LogP contribution in [0.3, 0.4) is 0 Å². The number of aromatic nitrogens is 1. The molecule has 124 valence electrons. The van der Waals surface area contributed by atoms with Crippen LogP contribution in [0.25, 0.3) is 10.9 Å². The van der Waals surface area contributed by atoms with E-state index in [1.807, 2.05) is 30.3 Å². The molecule has 3 aromatic rings. The van der Waals surface area contributed by atoms with Gasteiger partial charge in [-0.1, -0.05) is 18.2 Å². The molecule has 5 heteroatoms. The minimum Gasteiger partial charge on any atom is -0.491 e. The Kier molecular flexibility index (Phi) is 5.58. The monoisotopic (exact) mass is 327 g/mol. The molecule has 0 unspecified atom stereocenters. The molecule has 0 aliphatic heterocycles. The molecule has 0 N–H and O–H groups in total. The van der Waals surface area contributed by atoms with E-state index >= 15 is 0 Å². The van der Waals surface area contributed by atoms with Gasteiger partial charge in [0.2, 0.25) is 0 Å². The molecule has 0 spiro atoms. The molecule has 1 aromatic heterocycles. The van der Waals surface area contributed by atoms with E-state index < -0.39 is 0 Å². The van der Waals surface area contributed by atoms with Gasteiger partial charge in [0.05, 0.1) is 13.2 Å². The van der Waals surface area contributed by atoms with E-state index in [4.69, 9.17) is 14.2 Å². The fourth-order valence-electron chi connectivity index (χ4n) is 2.25. The van der Waals surface area contributed by atoms with Crippen LogP contribution >= 0.6 is 0 Å². The topological polar surface area (TPSA) is 40.6 Å². The Morgan fingerprint density at radius 2 is 1.54 bits per heavy atom. The van der Waals surface area contributed by atoms with Crippen molar-refractivity contribution in [3.63, 3.8) is 0 Å². The van der Waals surface area contributed by atoms with Crippen LogP contribution in [0.15, 0.2) is 60.8 Å². The SMILES string of the molecule is Fc1ccc(OCCOCCOc2cccc3cccnc23)cc1. The van der Waals surface area contributed by atoms with Crippen molar-refractivity contribution >= 4 is 10.9 Å². The fourth-order valence-corrected chi connectivity index (χ4v) is 2.25. The summed E-state index contributed by atoms with van der Waals surface area (Å²) < 4.78 is 29.4. The molecule has 0 aliphatic rings. The van der Waals surface area contributed by atoms with Crippen LogP contribution in [0.5, 0.6) is 11.5 Å². The lowest BCUT2D eigenvalue weighted by Crippen LogP contribution is -2.12. The van der Waals surface area contributed by atoms with Crippen LogP contribution in [0, 0.1) is 5.82 Å². The van der Waals surface area contributed by atoms with Crippen molar-refractivity contribution in [2.24, 2.45) is 0 Å². The van der Waals surface area contributed by atoms with Gasteiger partial charge in [-0.2, -0.15) is 0 Å². The molecule has 0 amide bonds. The van der Waals surface area contributed by atoms with Crippen LogP contribution < -0.4 is 9.47 Å². The molecule has 0 saturated carbocycles. The Balaban J connectivity index is 1.36. The highest BCUT2D eigenvalue weighted by molar-refractivity contribution is 5.84. The van der Waals surface area contributed by atoms with Gasteiger partial charge in [-0.05, 0) is 36.4 Å². The summed E-state index contributed by atoms with van der Waals surface area (Å²) in [6.07, 6.45) is 1.75. The van der Waals surface area contributed by atoms with Gasteiger partial charge in [0.25, 0.3) is 0 Å². The standard InChI is InChI=1S/C19H18FNO3/c20-16-6-8-17(9-7-16)23-13-11-22-12-14-24-18-5-1-3-15-4-2-10-21-19(15)18/h1-10H,11-14H2. The number of nitrogens with zero attached hydrogens (tertiary/aromatic N) is 1. The lowest BCUT2D eigenvalue weighted by molar-refractivity contribution is 0.0767. The number of hydrogen-bond acceptors (Lipinski definition) is 4. The van der Waals surface area contributed by atoms with Gasteiger partial charge in [0.1, 0.15) is 36.0 Å². The van der Waals surface area contributed by atoms with Gasteiger partial charge < -0.3 is 14.2 Å². The van der Waals surface area contributed by atoms with Gasteiger partial charge in [-0.25, -0.2) is 4.39 Å². The molecule has 2 aromatic carbocycles. The first-order chi connectivity index (χ1) is 11.8. The minimum atomic E-state index is -0.279. The summed E-state index contributed by atoms with van der Waals surface area (Å²) in [6.45, 7) is 1.73. The Hall–Kier alpha value is -2.66. The van der Waals surface area contributed by atoms with Crippen molar-refractivity contribution < 1.29 is 18.6 Å². The Morgan fingerprint density at radius 1 is 0.792 bits per heavy atom. The van der Waals surface area contributed by atoms with Crippen LogP contribution in [0.1, 0.15) is 0 Å². The van der Waals surface area contributed by atoms with Crippen molar-refractivity contribution in [2.75, 3.05) is 26.4 Å². The molecule has 1 heterocycles. The number of para-hydroxylation sites is 1. The second-order valence-corrected chi connectivity index (χ2v) is 5.09. The van der Waals surface area contributed by atoms with Crippen molar-refractivity contribution in [2.45, 2.75) is 0 Å². The highest BCUT2D eigenvalue weighted by Gasteiger charge is 2.02. The largest absolute Gasteiger partial charge is 0.491 e. The van der Waals surface area contributed by atoms with Gasteiger partial charge >= 0.3 is 0 Å². The Labute approximate surface area is 139 Å². The third-order valence-corrected chi connectivity index (χ3v) is 3.39. The normalized spacial score (nSPS) is 10.7. The van der Waals surface area contributed by atoms with E-state index in [2.05, 4.69) is 4.98 Å². The first-order valence-electron chi connectivity index (χ1n) is 7.75. The molecule has 0 aliphatic carbocycles. The number of hydrogen-bond donors (Lipinski definition) is 0.